The van der Waals surface area contributed by atoms with Gasteiger partial charge in [-0.15, -0.1) is 0 Å². The number of hydrogen-bond donors (Lipinski definition) is 5. The topological polar surface area (TPSA) is 179 Å². The van der Waals surface area contributed by atoms with E-state index in [9.17, 15) is 9.59 Å². The van der Waals surface area contributed by atoms with Gasteiger partial charge in [0.1, 0.15) is 0 Å². The number of pyridine rings is 4. The summed E-state index contributed by atoms with van der Waals surface area (Å²) in [4.78, 5) is 57.3. The van der Waals surface area contributed by atoms with Gasteiger partial charge in [0.25, 0.3) is 11.8 Å². The Labute approximate surface area is 622 Å². The van der Waals surface area contributed by atoms with Crippen molar-refractivity contribution in [2.24, 2.45) is 0 Å². The molecular formula is C86H98N18O2. The first-order valence-electron chi connectivity index (χ1n) is 37.6. The fraction of sp³-hybridized carbons (Fsp3) is 0.326. The van der Waals surface area contributed by atoms with Gasteiger partial charge in [0.05, 0.1) is 34.1 Å². The number of benzene rings is 5. The van der Waals surface area contributed by atoms with E-state index in [2.05, 4.69) is 275 Å². The molecule has 7 aromatic heterocycles. The Morgan fingerprint density at radius 1 is 0.406 bits per heavy atom. The average molecular weight is 1420 g/mol. The molecule has 20 heteroatoms. The summed E-state index contributed by atoms with van der Waals surface area (Å²) in [5, 5.41) is 16.6. The quantitative estimate of drug-likeness (QED) is 0.0654. The fourth-order valence-electron chi connectivity index (χ4n) is 15.5. The van der Waals surface area contributed by atoms with Crippen LogP contribution >= 0.6 is 0 Å². The van der Waals surface area contributed by atoms with Crippen LogP contribution in [0.1, 0.15) is 105 Å². The SMILES string of the molecule is CC(C)N1CCN(c2ccc(Nc3ccc(-c4ccc5c(c4)CNC5=O)n4ccnc34)cc2)CC1.CC(C)N1CCN(c2ccc(Nc3ccc(-c4ccc5c(c4)CNC5=O)n4ccnc34)cc2C(C)(C)C)CC1.Cc1cncc(-c2ccc(Nc3ccc(N4CCN(C(C)C)CC4)cc3)c3nccn23)c1. The van der Waals surface area contributed by atoms with E-state index in [1.165, 1.54) is 22.6 Å². The first-order valence-corrected chi connectivity index (χ1v) is 37.6. The molecule has 0 spiro atoms. The van der Waals surface area contributed by atoms with Gasteiger partial charge in [-0.05, 0) is 221 Å². The first kappa shape index (κ1) is 70.6. The lowest BCUT2D eigenvalue weighted by molar-refractivity contribution is 0.0957. The molecule has 2 amide bonds. The Morgan fingerprint density at radius 2 is 0.792 bits per heavy atom. The highest BCUT2D eigenvalue weighted by Crippen LogP contribution is 2.39. The molecule has 17 rings (SSSR count). The van der Waals surface area contributed by atoms with E-state index in [1.54, 1.807) is 0 Å². The number of carbonyl (C=O) groups is 2. The summed E-state index contributed by atoms with van der Waals surface area (Å²) in [5.74, 6) is 0.00468. The molecule has 0 saturated carbocycles. The number of nitrogens with zero attached hydrogens (tertiary/aromatic N) is 13. The van der Waals surface area contributed by atoms with E-state index in [0.29, 0.717) is 31.2 Å². The third kappa shape index (κ3) is 15.0. The van der Waals surface area contributed by atoms with Crippen LogP contribution in [0.5, 0.6) is 0 Å². The van der Waals surface area contributed by atoms with Crippen molar-refractivity contribution < 1.29 is 9.59 Å². The van der Waals surface area contributed by atoms with Gasteiger partial charge in [0.15, 0.2) is 16.9 Å². The van der Waals surface area contributed by atoms with Crippen LogP contribution < -0.4 is 41.3 Å². The van der Waals surface area contributed by atoms with Gasteiger partial charge in [-0.1, -0.05) is 32.9 Å². The summed E-state index contributed by atoms with van der Waals surface area (Å²) in [6, 6.07) is 52.8. The van der Waals surface area contributed by atoms with Crippen LogP contribution in [0.3, 0.4) is 0 Å². The number of aryl methyl sites for hydroxylation is 1. The number of hydrogen-bond acceptors (Lipinski definition) is 15. The second-order valence-corrected chi connectivity index (χ2v) is 30.4. The summed E-state index contributed by atoms with van der Waals surface area (Å²) < 4.78 is 6.32. The second-order valence-electron chi connectivity index (χ2n) is 30.4. The zero-order valence-electron chi connectivity index (χ0n) is 62.7. The van der Waals surface area contributed by atoms with Crippen molar-refractivity contribution in [2.45, 2.75) is 106 Å². The minimum Gasteiger partial charge on any atom is -0.369 e. The molecule has 0 atom stereocenters. The van der Waals surface area contributed by atoms with Crippen molar-refractivity contribution in [2.75, 3.05) is 109 Å². The summed E-state index contributed by atoms with van der Waals surface area (Å²) in [6.07, 6.45) is 15.2. The zero-order valence-corrected chi connectivity index (χ0v) is 62.7. The number of piperazine rings is 3. The molecule has 5 aliphatic heterocycles. The van der Waals surface area contributed by atoms with Gasteiger partial charge in [-0.25, -0.2) is 15.0 Å². The number of anilines is 9. The average Bonchev–Trinajstić information content (AvgIpc) is 1.62. The predicted molar refractivity (Wildman–Crippen MR) is 431 cm³/mol. The van der Waals surface area contributed by atoms with Crippen molar-refractivity contribution in [3.8, 4) is 33.8 Å². The van der Waals surface area contributed by atoms with Crippen molar-refractivity contribution in [1.29, 1.82) is 0 Å². The van der Waals surface area contributed by atoms with E-state index in [4.69, 9.17) is 4.98 Å². The monoisotopic (exact) mass is 1410 g/mol. The minimum atomic E-state index is 0.00216. The largest absolute Gasteiger partial charge is 0.369 e. The number of imidazole rings is 3. The van der Waals surface area contributed by atoms with Crippen LogP contribution in [0.2, 0.25) is 0 Å². The van der Waals surface area contributed by atoms with Crippen LogP contribution in [0.15, 0.2) is 195 Å². The highest BCUT2D eigenvalue weighted by molar-refractivity contribution is 6.00. The molecular weight excluding hydrogens is 1320 g/mol. The molecule has 5 aliphatic rings. The summed E-state index contributed by atoms with van der Waals surface area (Å²) in [5.41, 5.74) is 25.1. The first-order chi connectivity index (χ1) is 51.3. The highest BCUT2D eigenvalue weighted by Gasteiger charge is 2.28. The van der Waals surface area contributed by atoms with E-state index in [0.717, 1.165) is 191 Å². The fourth-order valence-corrected chi connectivity index (χ4v) is 15.5. The molecule has 0 bridgehead atoms. The molecule has 544 valence electrons. The van der Waals surface area contributed by atoms with Crippen molar-refractivity contribution in [3.63, 3.8) is 0 Å². The van der Waals surface area contributed by atoms with Crippen molar-refractivity contribution in [3.05, 3.63) is 229 Å². The maximum Gasteiger partial charge on any atom is 0.251 e. The number of rotatable bonds is 15. The Kier molecular flexibility index (Phi) is 20.1. The van der Waals surface area contributed by atoms with Gasteiger partial charge in [-0.2, -0.15) is 0 Å². The van der Waals surface area contributed by atoms with E-state index in [-0.39, 0.29) is 17.2 Å². The maximum absolute atomic E-state index is 12.0. The van der Waals surface area contributed by atoms with E-state index >= 15 is 0 Å². The molecule has 0 unspecified atom stereocenters. The number of nitrogens with one attached hydrogen (secondary N) is 5. The Morgan fingerprint density at radius 3 is 1.19 bits per heavy atom. The van der Waals surface area contributed by atoms with Crippen molar-refractivity contribution >= 4 is 79.9 Å². The zero-order chi connectivity index (χ0) is 73.3. The molecule has 3 fully saturated rings. The van der Waals surface area contributed by atoms with E-state index < -0.39 is 0 Å². The number of aromatic nitrogens is 7. The van der Waals surface area contributed by atoms with Crippen LogP contribution in [0.25, 0.3) is 50.7 Å². The smallest absolute Gasteiger partial charge is 0.251 e. The van der Waals surface area contributed by atoms with Gasteiger partial charge >= 0.3 is 0 Å². The summed E-state index contributed by atoms with van der Waals surface area (Å²) in [7, 11) is 0. The van der Waals surface area contributed by atoms with Crippen molar-refractivity contribution in [1.82, 2.24) is 58.5 Å². The van der Waals surface area contributed by atoms with Crippen LogP contribution in [0, 0.1) is 6.92 Å². The standard InChI is InChI=1S/C32H38N6O.C28H30N6O.C26H30N6/c1-21(2)36-14-16-37(17-15-36)29-10-7-24(19-26(29)32(3,4)5)35-27-9-11-28(38-13-12-33-30(27)38)22-6-8-25-23(18-22)20-34-31(25)39;1-19(2)32-13-15-33(16-14-32)23-6-4-22(5-7-23)31-25-9-10-26(34-12-11-29-27(25)34)20-3-8-24-21(17-20)18-30-28(24)35;1-19(2)30-12-14-31(15-13-30)23-6-4-22(5-7-23)29-24-8-9-25(32-11-10-28-26(24)32)21-16-20(3)17-27-18-21/h6-13,18-19,21,35H,14-17,20H2,1-5H3,(H,34,39);3-12,17,19,31H,13-16,18H2,1-2H3,(H,30,35);4-11,16-19,29H,12-15H2,1-3H3. The Bertz CT molecular complexity index is 5140. The Hall–Kier alpha value is -11.1. The van der Waals surface area contributed by atoms with Gasteiger partial charge in [-0.3, -0.25) is 42.5 Å². The van der Waals surface area contributed by atoms with Crippen LogP contribution in [0.4, 0.5) is 51.2 Å². The molecule has 3 saturated heterocycles. The minimum absolute atomic E-state index is 0.00216. The molecule has 0 radical (unpaired) electrons. The third-order valence-electron chi connectivity index (χ3n) is 21.6. The lowest BCUT2D eigenvalue weighted by Gasteiger charge is -2.40. The number of amides is 2. The third-order valence-corrected chi connectivity index (χ3v) is 21.6. The normalized spacial score (nSPS) is 15.8. The second kappa shape index (κ2) is 30.2. The lowest BCUT2D eigenvalue weighted by Crippen LogP contribution is -2.49. The Balaban J connectivity index is 0.000000128. The summed E-state index contributed by atoms with van der Waals surface area (Å²) >= 11 is 0. The molecule has 5 N–H and O–H groups in total. The molecule has 12 heterocycles. The maximum atomic E-state index is 12.0. The van der Waals surface area contributed by atoms with Crippen LogP contribution in [-0.4, -0.2) is 156 Å². The molecule has 0 aliphatic carbocycles. The van der Waals surface area contributed by atoms with E-state index in [1.807, 2.05) is 73.8 Å². The molecule has 12 aromatic rings. The lowest BCUT2D eigenvalue weighted by atomic mass is 9.85. The van der Waals surface area contributed by atoms with Gasteiger partial charge in [0, 0.05) is 210 Å². The molecule has 5 aromatic carbocycles. The van der Waals surface area contributed by atoms with Gasteiger partial charge in [0.2, 0.25) is 0 Å². The number of fused-ring (bicyclic) bond motifs is 5. The highest BCUT2D eigenvalue weighted by atomic mass is 16.2. The van der Waals surface area contributed by atoms with Gasteiger partial charge < -0.3 is 41.3 Å². The van der Waals surface area contributed by atoms with Crippen LogP contribution in [-0.2, 0) is 18.5 Å². The molecule has 20 nitrogen and oxygen atoms in total. The molecule has 106 heavy (non-hydrogen) atoms. The summed E-state index contributed by atoms with van der Waals surface area (Å²) in [6.45, 7) is 36.8. The number of carbonyl (C=O) groups excluding carboxylic acids is 2. The predicted octanol–water partition coefficient (Wildman–Crippen LogP) is 15.3.